The molecule has 0 atom stereocenters. The SMILES string of the molecule is CCS(=O)(=O)N1CCC(c2c[nH]c3ccc(-c4ccc(CNS(C)(=O)=O)cc4)cc23)CC1. The molecule has 1 aliphatic heterocycles. The van der Waals surface area contributed by atoms with Crippen LogP contribution in [0.25, 0.3) is 22.0 Å². The van der Waals surface area contributed by atoms with Gasteiger partial charge in [-0.15, -0.1) is 0 Å². The Kier molecular flexibility index (Phi) is 6.44. The van der Waals surface area contributed by atoms with Crippen molar-refractivity contribution >= 4 is 30.9 Å². The molecular weight excluding hydrogens is 446 g/mol. The van der Waals surface area contributed by atoms with Crippen LogP contribution in [-0.2, 0) is 26.6 Å². The van der Waals surface area contributed by atoms with E-state index >= 15 is 0 Å². The molecule has 4 rings (SSSR count). The van der Waals surface area contributed by atoms with Crippen molar-refractivity contribution in [3.8, 4) is 11.1 Å². The van der Waals surface area contributed by atoms with Gasteiger partial charge in [0.15, 0.2) is 0 Å². The maximum absolute atomic E-state index is 12.2. The zero-order valence-corrected chi connectivity index (χ0v) is 20.0. The van der Waals surface area contributed by atoms with Gasteiger partial charge >= 0.3 is 0 Å². The molecule has 0 saturated carbocycles. The van der Waals surface area contributed by atoms with Gasteiger partial charge in [0.2, 0.25) is 20.0 Å². The molecule has 2 N–H and O–H groups in total. The van der Waals surface area contributed by atoms with Crippen LogP contribution in [0.5, 0.6) is 0 Å². The van der Waals surface area contributed by atoms with E-state index in [4.69, 9.17) is 0 Å². The van der Waals surface area contributed by atoms with E-state index in [0.29, 0.717) is 19.0 Å². The Morgan fingerprint density at radius 1 is 1.00 bits per heavy atom. The molecule has 0 unspecified atom stereocenters. The minimum atomic E-state index is -3.22. The number of piperidine rings is 1. The van der Waals surface area contributed by atoms with Crippen molar-refractivity contribution in [2.75, 3.05) is 25.1 Å². The lowest BCUT2D eigenvalue weighted by molar-refractivity contribution is 0.321. The van der Waals surface area contributed by atoms with Gasteiger partial charge in [0.25, 0.3) is 0 Å². The van der Waals surface area contributed by atoms with Gasteiger partial charge < -0.3 is 4.98 Å². The molecule has 172 valence electrons. The summed E-state index contributed by atoms with van der Waals surface area (Å²) in [5.41, 5.74) is 5.36. The summed E-state index contributed by atoms with van der Waals surface area (Å²) >= 11 is 0. The molecular formula is C23H29N3O4S2. The lowest BCUT2D eigenvalue weighted by atomic mass is 9.89. The van der Waals surface area contributed by atoms with Gasteiger partial charge in [-0.25, -0.2) is 25.9 Å². The number of rotatable bonds is 7. The minimum absolute atomic E-state index is 0.150. The fourth-order valence-electron chi connectivity index (χ4n) is 4.32. The van der Waals surface area contributed by atoms with E-state index in [0.717, 1.165) is 41.3 Å². The summed E-state index contributed by atoms with van der Waals surface area (Å²) in [6.07, 6.45) is 4.84. The highest BCUT2D eigenvalue weighted by Crippen LogP contribution is 2.35. The fourth-order valence-corrected chi connectivity index (χ4v) is 5.88. The van der Waals surface area contributed by atoms with E-state index in [1.165, 1.54) is 10.9 Å². The van der Waals surface area contributed by atoms with Crippen LogP contribution in [0.3, 0.4) is 0 Å². The number of fused-ring (bicyclic) bond motifs is 1. The molecule has 3 aromatic rings. The number of nitrogens with zero attached hydrogens (tertiary/aromatic N) is 1. The van der Waals surface area contributed by atoms with Crippen LogP contribution < -0.4 is 4.72 Å². The molecule has 0 radical (unpaired) electrons. The van der Waals surface area contributed by atoms with Crippen LogP contribution in [0.1, 0.15) is 36.8 Å². The quantitative estimate of drug-likeness (QED) is 0.547. The van der Waals surface area contributed by atoms with Crippen molar-refractivity contribution in [2.24, 2.45) is 0 Å². The second kappa shape index (κ2) is 8.97. The van der Waals surface area contributed by atoms with E-state index in [2.05, 4.69) is 34.1 Å². The average molecular weight is 476 g/mol. The van der Waals surface area contributed by atoms with Gasteiger partial charge in [-0.3, -0.25) is 0 Å². The van der Waals surface area contributed by atoms with Crippen molar-refractivity contribution in [1.82, 2.24) is 14.0 Å². The van der Waals surface area contributed by atoms with Crippen molar-refractivity contribution in [2.45, 2.75) is 32.2 Å². The summed E-state index contributed by atoms with van der Waals surface area (Å²) in [5.74, 6) is 0.476. The molecule has 7 nitrogen and oxygen atoms in total. The molecule has 2 heterocycles. The second-order valence-corrected chi connectivity index (χ2v) is 12.5. The van der Waals surface area contributed by atoms with Gasteiger partial charge in [0.1, 0.15) is 0 Å². The fraction of sp³-hybridized carbons (Fsp3) is 0.391. The smallest absolute Gasteiger partial charge is 0.213 e. The van der Waals surface area contributed by atoms with Crippen molar-refractivity contribution in [1.29, 1.82) is 0 Å². The van der Waals surface area contributed by atoms with Crippen LogP contribution >= 0.6 is 0 Å². The summed E-state index contributed by atoms with van der Waals surface area (Å²) in [4.78, 5) is 3.36. The van der Waals surface area contributed by atoms with Gasteiger partial charge in [0, 0.05) is 36.7 Å². The van der Waals surface area contributed by atoms with Gasteiger partial charge in [-0.1, -0.05) is 30.3 Å². The Labute approximate surface area is 189 Å². The Morgan fingerprint density at radius 3 is 2.28 bits per heavy atom. The van der Waals surface area contributed by atoms with Crippen LogP contribution in [0.2, 0.25) is 0 Å². The summed E-state index contributed by atoms with van der Waals surface area (Å²) < 4.78 is 51.0. The Hall–Kier alpha value is -2.20. The molecule has 1 aromatic heterocycles. The summed E-state index contributed by atoms with van der Waals surface area (Å²) in [7, 11) is -6.35. The van der Waals surface area contributed by atoms with E-state index in [9.17, 15) is 16.8 Å². The van der Waals surface area contributed by atoms with E-state index in [1.807, 2.05) is 24.3 Å². The van der Waals surface area contributed by atoms with Crippen LogP contribution in [0.15, 0.2) is 48.7 Å². The highest BCUT2D eigenvalue weighted by molar-refractivity contribution is 7.89. The van der Waals surface area contributed by atoms with E-state index in [-0.39, 0.29) is 12.3 Å². The first kappa shape index (κ1) is 23.0. The van der Waals surface area contributed by atoms with Gasteiger partial charge in [0.05, 0.1) is 12.0 Å². The zero-order valence-electron chi connectivity index (χ0n) is 18.3. The summed E-state index contributed by atoms with van der Waals surface area (Å²) in [6, 6.07) is 14.2. The normalized spacial score (nSPS) is 16.6. The van der Waals surface area contributed by atoms with E-state index < -0.39 is 20.0 Å². The zero-order chi connectivity index (χ0) is 22.9. The molecule has 9 heteroatoms. The first-order valence-electron chi connectivity index (χ1n) is 10.8. The number of aromatic nitrogens is 1. The third-order valence-electron chi connectivity index (χ3n) is 6.19. The predicted octanol–water partition coefficient (Wildman–Crippen LogP) is 3.41. The maximum Gasteiger partial charge on any atom is 0.213 e. The molecule has 0 spiro atoms. The number of benzene rings is 2. The number of H-pyrrole nitrogens is 1. The highest BCUT2D eigenvalue weighted by Gasteiger charge is 2.28. The number of hydrogen-bond acceptors (Lipinski definition) is 4. The molecule has 1 saturated heterocycles. The minimum Gasteiger partial charge on any atom is -0.361 e. The molecule has 0 bridgehead atoms. The number of nitrogens with one attached hydrogen (secondary N) is 2. The Balaban J connectivity index is 1.53. The Bertz CT molecular complexity index is 1310. The van der Waals surface area contributed by atoms with Crippen LogP contribution in [0, 0.1) is 0 Å². The summed E-state index contributed by atoms with van der Waals surface area (Å²) in [5, 5.41) is 1.17. The molecule has 1 aliphatic rings. The second-order valence-electron chi connectivity index (χ2n) is 8.37. The lowest BCUT2D eigenvalue weighted by Crippen LogP contribution is -2.38. The third kappa shape index (κ3) is 5.06. The lowest BCUT2D eigenvalue weighted by Gasteiger charge is -2.30. The van der Waals surface area contributed by atoms with Crippen LogP contribution in [0.4, 0.5) is 0 Å². The first-order chi connectivity index (χ1) is 15.2. The number of hydrogen-bond donors (Lipinski definition) is 2. The highest BCUT2D eigenvalue weighted by atomic mass is 32.2. The largest absolute Gasteiger partial charge is 0.361 e. The molecule has 32 heavy (non-hydrogen) atoms. The molecule has 0 amide bonds. The number of sulfonamides is 2. The third-order valence-corrected chi connectivity index (χ3v) is 8.74. The van der Waals surface area contributed by atoms with Gasteiger partial charge in [-0.05, 0) is 60.1 Å². The van der Waals surface area contributed by atoms with E-state index in [1.54, 1.807) is 11.2 Å². The Morgan fingerprint density at radius 2 is 1.66 bits per heavy atom. The summed E-state index contributed by atoms with van der Waals surface area (Å²) in [6.45, 7) is 3.09. The van der Waals surface area contributed by atoms with Crippen molar-refractivity contribution in [3.05, 3.63) is 59.8 Å². The monoisotopic (exact) mass is 475 g/mol. The molecule has 0 aliphatic carbocycles. The standard InChI is InChI=1S/C23H29N3O4S2/c1-3-32(29,30)26-12-10-19(11-13-26)22-16-24-23-9-8-20(14-21(22)23)18-6-4-17(5-7-18)15-25-31(2,27)28/h4-9,14,16,19,24-25H,3,10-13,15H2,1-2H3. The van der Waals surface area contributed by atoms with Crippen molar-refractivity contribution < 1.29 is 16.8 Å². The molecule has 1 fully saturated rings. The van der Waals surface area contributed by atoms with Gasteiger partial charge in [-0.2, -0.15) is 0 Å². The molecule has 2 aromatic carbocycles. The van der Waals surface area contributed by atoms with Crippen LogP contribution in [-0.4, -0.2) is 51.2 Å². The van der Waals surface area contributed by atoms with Crippen molar-refractivity contribution in [3.63, 3.8) is 0 Å². The first-order valence-corrected chi connectivity index (χ1v) is 14.3. The average Bonchev–Trinajstić information content (AvgIpc) is 3.21. The predicted molar refractivity (Wildman–Crippen MR) is 128 cm³/mol. The topological polar surface area (TPSA) is 99.3 Å². The number of aromatic amines is 1. The maximum atomic E-state index is 12.2.